The van der Waals surface area contributed by atoms with E-state index in [2.05, 4.69) is 19.2 Å². The van der Waals surface area contributed by atoms with Crippen molar-refractivity contribution in [3.05, 3.63) is 23.2 Å². The Balaban J connectivity index is 2.00. The van der Waals surface area contributed by atoms with Crippen LogP contribution in [0.3, 0.4) is 0 Å². The molecule has 0 radical (unpaired) electrons. The van der Waals surface area contributed by atoms with Crippen LogP contribution in [0.25, 0.3) is 0 Å². The zero-order valence-electron chi connectivity index (χ0n) is 12.8. The first-order chi connectivity index (χ1) is 9.58. The number of hydrogen-bond donors (Lipinski definition) is 1. The highest BCUT2D eigenvalue weighted by Gasteiger charge is 2.23. The van der Waals surface area contributed by atoms with Crippen molar-refractivity contribution in [2.45, 2.75) is 52.0 Å². The summed E-state index contributed by atoms with van der Waals surface area (Å²) in [5, 5.41) is 4.39. The van der Waals surface area contributed by atoms with Crippen molar-refractivity contribution in [1.82, 2.24) is 0 Å². The van der Waals surface area contributed by atoms with Crippen molar-refractivity contribution >= 4 is 17.3 Å². The lowest BCUT2D eigenvalue weighted by atomic mass is 9.81. The van der Waals surface area contributed by atoms with Crippen molar-refractivity contribution < 1.29 is 4.74 Å². The second-order valence-corrected chi connectivity index (χ2v) is 6.78. The molecule has 20 heavy (non-hydrogen) atoms. The third-order valence-electron chi connectivity index (χ3n) is 4.11. The SMILES string of the molecule is COc1ccc(Cl)cc1NC1CCCC(CC(C)C)C1. The summed E-state index contributed by atoms with van der Waals surface area (Å²) in [7, 11) is 1.71. The predicted octanol–water partition coefficient (Wildman–Crippen LogP) is 5.37. The summed E-state index contributed by atoms with van der Waals surface area (Å²) in [6.45, 7) is 4.63. The van der Waals surface area contributed by atoms with Gasteiger partial charge in [-0.1, -0.05) is 38.3 Å². The number of nitrogens with one attached hydrogen (secondary N) is 1. The summed E-state index contributed by atoms with van der Waals surface area (Å²) in [6.07, 6.45) is 6.53. The van der Waals surface area contributed by atoms with Crippen LogP contribution in [0.15, 0.2) is 18.2 Å². The maximum atomic E-state index is 6.09. The number of methoxy groups -OCH3 is 1. The molecule has 0 bridgehead atoms. The smallest absolute Gasteiger partial charge is 0.142 e. The molecule has 1 aliphatic rings. The van der Waals surface area contributed by atoms with Gasteiger partial charge < -0.3 is 10.1 Å². The van der Waals surface area contributed by atoms with Crippen molar-refractivity contribution in [3.8, 4) is 5.75 Å². The van der Waals surface area contributed by atoms with E-state index in [4.69, 9.17) is 16.3 Å². The quantitative estimate of drug-likeness (QED) is 0.789. The van der Waals surface area contributed by atoms with E-state index in [1.54, 1.807) is 7.11 Å². The molecule has 2 atom stereocenters. The number of benzene rings is 1. The molecule has 1 N–H and O–H groups in total. The van der Waals surface area contributed by atoms with Gasteiger partial charge in [-0.2, -0.15) is 0 Å². The Kier molecular flexibility index (Phi) is 5.59. The number of ether oxygens (including phenoxy) is 1. The fraction of sp³-hybridized carbons (Fsp3) is 0.647. The van der Waals surface area contributed by atoms with Crippen LogP contribution in [0.4, 0.5) is 5.69 Å². The predicted molar refractivity (Wildman–Crippen MR) is 86.8 cm³/mol. The van der Waals surface area contributed by atoms with E-state index in [0.29, 0.717) is 6.04 Å². The molecule has 3 heteroatoms. The second-order valence-electron chi connectivity index (χ2n) is 6.35. The first-order valence-electron chi connectivity index (χ1n) is 7.68. The van der Waals surface area contributed by atoms with Crippen molar-refractivity contribution in [2.75, 3.05) is 12.4 Å². The van der Waals surface area contributed by atoms with Gasteiger partial charge in [0.2, 0.25) is 0 Å². The highest BCUT2D eigenvalue weighted by atomic mass is 35.5. The molecule has 2 rings (SSSR count). The molecule has 112 valence electrons. The molecule has 0 saturated heterocycles. The Labute approximate surface area is 127 Å². The first-order valence-corrected chi connectivity index (χ1v) is 8.06. The Morgan fingerprint density at radius 1 is 1.35 bits per heavy atom. The summed E-state index contributed by atoms with van der Waals surface area (Å²) in [4.78, 5) is 0. The largest absolute Gasteiger partial charge is 0.495 e. The molecule has 0 aliphatic heterocycles. The van der Waals surface area contributed by atoms with E-state index in [9.17, 15) is 0 Å². The molecule has 1 aromatic rings. The first kappa shape index (κ1) is 15.5. The Morgan fingerprint density at radius 2 is 2.15 bits per heavy atom. The lowest BCUT2D eigenvalue weighted by molar-refractivity contribution is 0.288. The maximum Gasteiger partial charge on any atom is 0.142 e. The minimum atomic E-state index is 0.542. The molecule has 0 spiro atoms. The van der Waals surface area contributed by atoms with Crippen LogP contribution in [-0.4, -0.2) is 13.2 Å². The van der Waals surface area contributed by atoms with Crippen LogP contribution >= 0.6 is 11.6 Å². The average molecular weight is 296 g/mol. The van der Waals surface area contributed by atoms with Gasteiger partial charge in [0.1, 0.15) is 5.75 Å². The molecule has 1 fully saturated rings. The fourth-order valence-corrected chi connectivity index (χ4v) is 3.49. The zero-order chi connectivity index (χ0) is 14.5. The Hall–Kier alpha value is -0.890. The molecule has 2 nitrogen and oxygen atoms in total. The molecule has 1 aliphatic carbocycles. The van der Waals surface area contributed by atoms with Crippen LogP contribution in [-0.2, 0) is 0 Å². The van der Waals surface area contributed by atoms with Crippen molar-refractivity contribution in [1.29, 1.82) is 0 Å². The minimum Gasteiger partial charge on any atom is -0.495 e. The van der Waals surface area contributed by atoms with Gasteiger partial charge in [0.25, 0.3) is 0 Å². The van der Waals surface area contributed by atoms with E-state index in [-0.39, 0.29) is 0 Å². The van der Waals surface area contributed by atoms with E-state index < -0.39 is 0 Å². The van der Waals surface area contributed by atoms with Gasteiger partial charge in [0.05, 0.1) is 12.8 Å². The summed E-state index contributed by atoms with van der Waals surface area (Å²) >= 11 is 6.09. The highest BCUT2D eigenvalue weighted by Crippen LogP contribution is 2.34. The minimum absolute atomic E-state index is 0.542. The summed E-state index contributed by atoms with van der Waals surface area (Å²) in [5.41, 5.74) is 1.02. The lowest BCUT2D eigenvalue weighted by Crippen LogP contribution is -2.28. The molecule has 0 heterocycles. The van der Waals surface area contributed by atoms with Crippen LogP contribution in [0.5, 0.6) is 5.75 Å². The topological polar surface area (TPSA) is 21.3 Å². The summed E-state index contributed by atoms with van der Waals surface area (Å²) in [5.74, 6) is 2.52. The second kappa shape index (κ2) is 7.21. The van der Waals surface area contributed by atoms with Gasteiger partial charge in [-0.15, -0.1) is 0 Å². The Morgan fingerprint density at radius 3 is 2.85 bits per heavy atom. The molecule has 2 unspecified atom stereocenters. The van der Waals surface area contributed by atoms with Gasteiger partial charge in [0.15, 0.2) is 0 Å². The molecule has 1 aromatic carbocycles. The monoisotopic (exact) mass is 295 g/mol. The molecule has 0 amide bonds. The lowest BCUT2D eigenvalue weighted by Gasteiger charge is -2.31. The normalized spacial score (nSPS) is 22.9. The van der Waals surface area contributed by atoms with Gasteiger partial charge in [-0.05, 0) is 49.3 Å². The van der Waals surface area contributed by atoms with E-state index in [1.165, 1.54) is 32.1 Å². The van der Waals surface area contributed by atoms with Gasteiger partial charge in [0, 0.05) is 11.1 Å². The standard InChI is InChI=1S/C17H26ClNO/c1-12(2)9-13-5-4-6-15(10-13)19-16-11-14(18)7-8-17(16)20-3/h7-8,11-13,15,19H,4-6,9-10H2,1-3H3. The number of rotatable bonds is 5. The zero-order valence-corrected chi connectivity index (χ0v) is 13.5. The van der Waals surface area contributed by atoms with E-state index in [1.807, 2.05) is 18.2 Å². The van der Waals surface area contributed by atoms with Crippen LogP contribution in [0, 0.1) is 11.8 Å². The fourth-order valence-electron chi connectivity index (χ4n) is 3.32. The van der Waals surface area contributed by atoms with Crippen molar-refractivity contribution in [2.24, 2.45) is 11.8 Å². The molecule has 1 saturated carbocycles. The third-order valence-corrected chi connectivity index (χ3v) is 4.34. The molecular formula is C17H26ClNO. The average Bonchev–Trinajstić information content (AvgIpc) is 2.38. The Bertz CT molecular complexity index is 433. The summed E-state index contributed by atoms with van der Waals surface area (Å²) < 4.78 is 5.41. The molecular weight excluding hydrogens is 270 g/mol. The van der Waals surface area contributed by atoms with Crippen molar-refractivity contribution in [3.63, 3.8) is 0 Å². The van der Waals surface area contributed by atoms with E-state index in [0.717, 1.165) is 28.3 Å². The van der Waals surface area contributed by atoms with Crippen LogP contribution < -0.4 is 10.1 Å². The molecule has 0 aromatic heterocycles. The highest BCUT2D eigenvalue weighted by molar-refractivity contribution is 6.30. The maximum absolute atomic E-state index is 6.09. The van der Waals surface area contributed by atoms with Gasteiger partial charge in [-0.3, -0.25) is 0 Å². The van der Waals surface area contributed by atoms with Gasteiger partial charge in [-0.25, -0.2) is 0 Å². The number of hydrogen-bond acceptors (Lipinski definition) is 2. The number of anilines is 1. The third kappa shape index (κ3) is 4.31. The van der Waals surface area contributed by atoms with Crippen LogP contribution in [0.2, 0.25) is 5.02 Å². The van der Waals surface area contributed by atoms with E-state index >= 15 is 0 Å². The van der Waals surface area contributed by atoms with Gasteiger partial charge >= 0.3 is 0 Å². The number of halogens is 1. The summed E-state index contributed by atoms with van der Waals surface area (Å²) in [6, 6.07) is 6.30. The van der Waals surface area contributed by atoms with Crippen LogP contribution in [0.1, 0.15) is 46.0 Å².